The Bertz CT molecular complexity index is 489. The summed E-state index contributed by atoms with van der Waals surface area (Å²) in [6.45, 7) is 2.90. The largest absolute Gasteiger partial charge is 0.466 e. The van der Waals surface area contributed by atoms with Crippen molar-refractivity contribution in [1.82, 2.24) is 10.2 Å². The van der Waals surface area contributed by atoms with Crippen LogP contribution in [0, 0.1) is 11.8 Å². The van der Waals surface area contributed by atoms with Crippen LogP contribution >= 0.6 is 0 Å². The van der Waals surface area contributed by atoms with Gasteiger partial charge in [0.15, 0.2) is 0 Å². The quantitative estimate of drug-likeness (QED) is 0.773. The van der Waals surface area contributed by atoms with Gasteiger partial charge >= 0.3 is 5.97 Å². The second-order valence-corrected chi connectivity index (χ2v) is 6.93. The van der Waals surface area contributed by atoms with E-state index in [1.807, 2.05) is 0 Å². The van der Waals surface area contributed by atoms with Crippen LogP contribution in [0.4, 0.5) is 0 Å². The van der Waals surface area contributed by atoms with Crippen molar-refractivity contribution in [2.75, 3.05) is 13.2 Å². The minimum Gasteiger partial charge on any atom is -0.466 e. The van der Waals surface area contributed by atoms with Gasteiger partial charge in [0.1, 0.15) is 6.04 Å². The summed E-state index contributed by atoms with van der Waals surface area (Å²) in [6, 6.07) is -0.292. The van der Waals surface area contributed by atoms with Gasteiger partial charge in [-0.1, -0.05) is 0 Å². The summed E-state index contributed by atoms with van der Waals surface area (Å²) < 4.78 is 5.06. The van der Waals surface area contributed by atoms with E-state index in [2.05, 4.69) is 5.32 Å². The van der Waals surface area contributed by atoms with E-state index in [-0.39, 0.29) is 41.7 Å². The Kier molecular flexibility index (Phi) is 4.87. The summed E-state index contributed by atoms with van der Waals surface area (Å²) in [5.41, 5.74) is 0. The van der Waals surface area contributed by atoms with Gasteiger partial charge in [-0.05, 0) is 51.9 Å². The molecule has 23 heavy (non-hydrogen) atoms. The lowest BCUT2D eigenvalue weighted by atomic mass is 10.1. The minimum atomic E-state index is -0.315. The molecule has 3 aliphatic rings. The summed E-state index contributed by atoms with van der Waals surface area (Å²) in [4.78, 5) is 38.3. The SMILES string of the molecule is CCOC(=O)[C@@H]1CC[C@H](NC(=O)[C@@H]2CCCN2C(=O)C2CC2)C1. The number of carbonyl (C=O) groups is 3. The fourth-order valence-electron chi connectivity index (χ4n) is 3.75. The van der Waals surface area contributed by atoms with E-state index in [4.69, 9.17) is 4.74 Å². The van der Waals surface area contributed by atoms with E-state index >= 15 is 0 Å². The van der Waals surface area contributed by atoms with Gasteiger partial charge in [0.05, 0.1) is 12.5 Å². The number of likely N-dealkylation sites (tertiary alicyclic amines) is 1. The van der Waals surface area contributed by atoms with Crippen molar-refractivity contribution in [3.05, 3.63) is 0 Å². The third-order valence-corrected chi connectivity index (χ3v) is 5.16. The van der Waals surface area contributed by atoms with Crippen molar-refractivity contribution in [3.63, 3.8) is 0 Å². The lowest BCUT2D eigenvalue weighted by Gasteiger charge is -2.25. The lowest BCUT2D eigenvalue weighted by molar-refractivity contribution is -0.147. The Balaban J connectivity index is 1.51. The molecule has 1 saturated heterocycles. The van der Waals surface area contributed by atoms with Gasteiger partial charge in [0.25, 0.3) is 0 Å². The van der Waals surface area contributed by atoms with E-state index in [1.54, 1.807) is 11.8 Å². The minimum absolute atomic E-state index is 0.0235. The molecule has 0 radical (unpaired) electrons. The molecule has 1 aliphatic heterocycles. The molecule has 1 heterocycles. The number of hydrogen-bond acceptors (Lipinski definition) is 4. The number of amides is 2. The summed E-state index contributed by atoms with van der Waals surface area (Å²) in [6.07, 6.45) is 5.79. The van der Waals surface area contributed by atoms with Crippen molar-refractivity contribution in [2.45, 2.75) is 64.0 Å². The van der Waals surface area contributed by atoms with E-state index in [1.165, 1.54) is 0 Å². The van der Waals surface area contributed by atoms with Crippen LogP contribution in [0.3, 0.4) is 0 Å². The average molecular weight is 322 g/mol. The number of ether oxygens (including phenoxy) is 1. The number of rotatable bonds is 5. The molecule has 0 bridgehead atoms. The zero-order valence-corrected chi connectivity index (χ0v) is 13.8. The number of esters is 1. The molecule has 3 fully saturated rings. The first-order chi connectivity index (χ1) is 11.1. The van der Waals surface area contributed by atoms with Crippen LogP contribution in [0.2, 0.25) is 0 Å². The van der Waals surface area contributed by atoms with Crippen LogP contribution in [-0.2, 0) is 19.1 Å². The highest BCUT2D eigenvalue weighted by atomic mass is 16.5. The molecule has 128 valence electrons. The molecule has 3 rings (SSSR count). The van der Waals surface area contributed by atoms with Gasteiger partial charge < -0.3 is 15.0 Å². The van der Waals surface area contributed by atoms with E-state index < -0.39 is 0 Å². The van der Waals surface area contributed by atoms with Crippen molar-refractivity contribution in [3.8, 4) is 0 Å². The first kappa shape index (κ1) is 16.3. The maximum absolute atomic E-state index is 12.5. The first-order valence-electron chi connectivity index (χ1n) is 8.87. The van der Waals surface area contributed by atoms with Crippen LogP contribution in [0.5, 0.6) is 0 Å². The van der Waals surface area contributed by atoms with Crippen LogP contribution in [0.15, 0.2) is 0 Å². The Morgan fingerprint density at radius 1 is 1.09 bits per heavy atom. The molecule has 2 amide bonds. The molecule has 2 saturated carbocycles. The molecule has 6 nitrogen and oxygen atoms in total. The lowest BCUT2D eigenvalue weighted by Crippen LogP contribution is -2.48. The Morgan fingerprint density at radius 2 is 1.83 bits per heavy atom. The molecule has 2 aliphatic carbocycles. The molecule has 0 aromatic heterocycles. The van der Waals surface area contributed by atoms with E-state index in [9.17, 15) is 14.4 Å². The third kappa shape index (κ3) is 3.67. The van der Waals surface area contributed by atoms with E-state index in [0.29, 0.717) is 19.6 Å². The first-order valence-corrected chi connectivity index (χ1v) is 8.87. The molecule has 0 aromatic carbocycles. The number of nitrogens with zero attached hydrogens (tertiary/aromatic N) is 1. The van der Waals surface area contributed by atoms with Gasteiger partial charge in [0, 0.05) is 18.5 Å². The second kappa shape index (κ2) is 6.89. The monoisotopic (exact) mass is 322 g/mol. The predicted octanol–water partition coefficient (Wildman–Crippen LogP) is 1.24. The van der Waals surface area contributed by atoms with Crippen LogP contribution in [0.25, 0.3) is 0 Å². The van der Waals surface area contributed by atoms with Gasteiger partial charge in [-0.25, -0.2) is 0 Å². The molecular weight excluding hydrogens is 296 g/mol. The third-order valence-electron chi connectivity index (χ3n) is 5.16. The van der Waals surface area contributed by atoms with Crippen molar-refractivity contribution >= 4 is 17.8 Å². The zero-order valence-electron chi connectivity index (χ0n) is 13.8. The topological polar surface area (TPSA) is 75.7 Å². The standard InChI is InChI=1S/C17H26N2O4/c1-2-23-17(22)12-7-8-13(10-12)18-15(20)14-4-3-9-19(14)16(21)11-5-6-11/h11-14H,2-10H2,1H3,(H,18,20)/t12-,13+,14+/m1/s1. The van der Waals surface area contributed by atoms with E-state index in [0.717, 1.165) is 38.5 Å². The van der Waals surface area contributed by atoms with Crippen LogP contribution < -0.4 is 5.32 Å². The maximum Gasteiger partial charge on any atom is 0.308 e. The smallest absolute Gasteiger partial charge is 0.308 e. The molecule has 6 heteroatoms. The van der Waals surface area contributed by atoms with Crippen molar-refractivity contribution in [2.24, 2.45) is 11.8 Å². The second-order valence-electron chi connectivity index (χ2n) is 6.93. The van der Waals surface area contributed by atoms with Crippen molar-refractivity contribution < 1.29 is 19.1 Å². The highest BCUT2D eigenvalue weighted by molar-refractivity contribution is 5.90. The van der Waals surface area contributed by atoms with Gasteiger partial charge in [-0.3, -0.25) is 14.4 Å². The highest BCUT2D eigenvalue weighted by Crippen LogP contribution is 2.34. The average Bonchev–Trinajstić information content (AvgIpc) is 3.08. The number of hydrogen-bond donors (Lipinski definition) is 1. The molecule has 0 unspecified atom stereocenters. The normalized spacial score (nSPS) is 30.3. The van der Waals surface area contributed by atoms with Gasteiger partial charge in [-0.15, -0.1) is 0 Å². The highest BCUT2D eigenvalue weighted by Gasteiger charge is 2.41. The maximum atomic E-state index is 12.5. The fourth-order valence-corrected chi connectivity index (χ4v) is 3.75. The zero-order chi connectivity index (χ0) is 16.4. The molecule has 0 aromatic rings. The summed E-state index contributed by atoms with van der Waals surface area (Å²) in [5, 5.41) is 3.05. The molecule has 1 N–H and O–H groups in total. The molecule has 3 atom stereocenters. The van der Waals surface area contributed by atoms with Crippen LogP contribution in [-0.4, -0.2) is 47.9 Å². The Morgan fingerprint density at radius 3 is 2.52 bits per heavy atom. The van der Waals surface area contributed by atoms with Crippen molar-refractivity contribution in [1.29, 1.82) is 0 Å². The molecular formula is C17H26N2O4. The summed E-state index contributed by atoms with van der Waals surface area (Å²) in [5.74, 6) is -0.00349. The summed E-state index contributed by atoms with van der Waals surface area (Å²) >= 11 is 0. The Labute approximate surface area is 136 Å². The van der Waals surface area contributed by atoms with Gasteiger partial charge in [-0.2, -0.15) is 0 Å². The predicted molar refractivity (Wildman–Crippen MR) is 83.4 cm³/mol. The number of nitrogens with one attached hydrogen (secondary N) is 1. The summed E-state index contributed by atoms with van der Waals surface area (Å²) in [7, 11) is 0. The molecule has 0 spiro atoms. The Hall–Kier alpha value is -1.59. The number of carbonyl (C=O) groups excluding carboxylic acids is 3. The van der Waals surface area contributed by atoms with Crippen LogP contribution in [0.1, 0.15) is 51.9 Å². The van der Waals surface area contributed by atoms with Gasteiger partial charge in [0.2, 0.25) is 11.8 Å². The fraction of sp³-hybridized carbons (Fsp3) is 0.824.